The van der Waals surface area contributed by atoms with Crippen LogP contribution in [0.3, 0.4) is 0 Å². The molecule has 0 heterocycles. The Morgan fingerprint density at radius 2 is 1.82 bits per heavy atom. The smallest absolute Gasteiger partial charge is 0.341 e. The van der Waals surface area contributed by atoms with Gasteiger partial charge in [0.1, 0.15) is 11.3 Å². The van der Waals surface area contributed by atoms with Crippen LogP contribution in [0.4, 0.5) is 0 Å². The number of methoxy groups -OCH3 is 1. The summed E-state index contributed by atoms with van der Waals surface area (Å²) in [4.78, 5) is 23.6. The quantitative estimate of drug-likeness (QED) is 0.335. The van der Waals surface area contributed by atoms with Crippen LogP contribution in [0.15, 0.2) is 54.6 Å². The van der Waals surface area contributed by atoms with Crippen LogP contribution in [0.25, 0.3) is 6.08 Å². The first-order chi connectivity index (χ1) is 10.6. The number of carbonyl (C=O) groups excluding carboxylic acids is 2. The molecule has 2 aromatic carbocycles. The monoisotopic (exact) mass is 408 g/mol. The molecule has 2 aromatic rings. The molecule has 4 nitrogen and oxygen atoms in total. The summed E-state index contributed by atoms with van der Waals surface area (Å²) in [6, 6.07) is 14.3. The Kier molecular flexibility index (Phi) is 5.71. The van der Waals surface area contributed by atoms with Crippen LogP contribution < -0.4 is 4.74 Å². The van der Waals surface area contributed by atoms with Crippen molar-refractivity contribution in [1.82, 2.24) is 0 Å². The van der Waals surface area contributed by atoms with E-state index in [9.17, 15) is 9.59 Å². The number of halogens is 1. The van der Waals surface area contributed by atoms with E-state index in [4.69, 9.17) is 9.47 Å². The van der Waals surface area contributed by atoms with Crippen molar-refractivity contribution in [2.24, 2.45) is 0 Å². The third kappa shape index (κ3) is 4.42. The molecule has 0 aliphatic heterocycles. The van der Waals surface area contributed by atoms with Crippen molar-refractivity contribution >= 4 is 40.6 Å². The first kappa shape index (κ1) is 16.2. The van der Waals surface area contributed by atoms with Gasteiger partial charge in [0.05, 0.1) is 7.11 Å². The molecule has 5 heteroatoms. The van der Waals surface area contributed by atoms with Gasteiger partial charge in [0, 0.05) is 9.65 Å². The minimum absolute atomic E-state index is 0.176. The van der Waals surface area contributed by atoms with Gasteiger partial charge in [0.25, 0.3) is 0 Å². The molecule has 2 rings (SSSR count). The van der Waals surface area contributed by atoms with Gasteiger partial charge in [-0.25, -0.2) is 9.59 Å². The molecule has 0 bridgehead atoms. The average molecular weight is 408 g/mol. The predicted octanol–water partition coefficient (Wildman–Crippen LogP) is 3.70. The van der Waals surface area contributed by atoms with Crippen LogP contribution in [-0.4, -0.2) is 19.0 Å². The third-order valence-electron chi connectivity index (χ3n) is 2.77. The molecule has 0 N–H and O–H groups in total. The Morgan fingerprint density at radius 1 is 1.09 bits per heavy atom. The molecular formula is C17H13IO4. The fraction of sp³-hybridized carbons (Fsp3) is 0.0588. The second kappa shape index (κ2) is 7.74. The normalized spacial score (nSPS) is 10.5. The van der Waals surface area contributed by atoms with Crippen LogP contribution in [-0.2, 0) is 9.53 Å². The van der Waals surface area contributed by atoms with Crippen LogP contribution in [0.5, 0.6) is 5.75 Å². The second-order valence-corrected chi connectivity index (χ2v) is 5.54. The van der Waals surface area contributed by atoms with E-state index in [0.717, 1.165) is 9.13 Å². The first-order valence-corrected chi connectivity index (χ1v) is 7.51. The van der Waals surface area contributed by atoms with E-state index < -0.39 is 11.9 Å². The lowest BCUT2D eigenvalue weighted by atomic mass is 10.2. The molecule has 112 valence electrons. The third-order valence-corrected chi connectivity index (χ3v) is 3.44. The average Bonchev–Trinajstić information content (AvgIpc) is 2.55. The number of hydrogen-bond acceptors (Lipinski definition) is 4. The Bertz CT molecular complexity index is 708. The fourth-order valence-corrected chi connectivity index (χ4v) is 2.22. The van der Waals surface area contributed by atoms with E-state index in [0.29, 0.717) is 0 Å². The van der Waals surface area contributed by atoms with E-state index in [1.54, 1.807) is 24.3 Å². The maximum atomic E-state index is 11.9. The van der Waals surface area contributed by atoms with Gasteiger partial charge in [-0.3, -0.25) is 0 Å². The van der Waals surface area contributed by atoms with E-state index in [-0.39, 0.29) is 11.3 Å². The zero-order chi connectivity index (χ0) is 15.9. The SMILES string of the molecule is COC(=O)c1cc(I)ccc1OC(=O)C=Cc1ccccc1. The van der Waals surface area contributed by atoms with Gasteiger partial charge < -0.3 is 9.47 Å². The molecule has 0 aliphatic rings. The Morgan fingerprint density at radius 3 is 2.50 bits per heavy atom. The zero-order valence-corrected chi connectivity index (χ0v) is 13.9. The molecule has 0 amide bonds. The topological polar surface area (TPSA) is 52.6 Å². The molecule has 0 aromatic heterocycles. The number of ether oxygens (including phenoxy) is 2. The van der Waals surface area contributed by atoms with Gasteiger partial charge in [-0.2, -0.15) is 0 Å². The lowest BCUT2D eigenvalue weighted by molar-refractivity contribution is -0.128. The van der Waals surface area contributed by atoms with Gasteiger partial charge in [-0.1, -0.05) is 30.3 Å². The van der Waals surface area contributed by atoms with Crippen molar-refractivity contribution in [3.8, 4) is 5.75 Å². The number of benzene rings is 2. The summed E-state index contributed by atoms with van der Waals surface area (Å²) in [6.45, 7) is 0. The standard InChI is InChI=1S/C17H13IO4/c1-21-17(20)14-11-13(18)8-9-15(14)22-16(19)10-7-12-5-3-2-4-6-12/h2-11H,1H3. The van der Waals surface area contributed by atoms with Crippen LogP contribution in [0.1, 0.15) is 15.9 Å². The number of rotatable bonds is 4. The summed E-state index contributed by atoms with van der Waals surface area (Å²) in [5.74, 6) is -0.932. The molecule has 0 unspecified atom stereocenters. The molecule has 0 radical (unpaired) electrons. The van der Waals surface area contributed by atoms with Gasteiger partial charge in [-0.05, 0) is 52.4 Å². The summed E-state index contributed by atoms with van der Waals surface area (Å²) < 4.78 is 10.8. The highest BCUT2D eigenvalue weighted by Crippen LogP contribution is 2.22. The molecule has 0 saturated carbocycles. The maximum absolute atomic E-state index is 11.9. The highest BCUT2D eigenvalue weighted by molar-refractivity contribution is 14.1. The molecule has 0 atom stereocenters. The van der Waals surface area contributed by atoms with E-state index in [1.165, 1.54) is 13.2 Å². The largest absolute Gasteiger partial charge is 0.465 e. The highest BCUT2D eigenvalue weighted by Gasteiger charge is 2.15. The lowest BCUT2D eigenvalue weighted by Crippen LogP contribution is -2.10. The summed E-state index contributed by atoms with van der Waals surface area (Å²) in [7, 11) is 1.28. The van der Waals surface area contributed by atoms with Crippen molar-refractivity contribution in [3.05, 3.63) is 69.3 Å². The van der Waals surface area contributed by atoms with Crippen LogP contribution >= 0.6 is 22.6 Å². The van der Waals surface area contributed by atoms with Gasteiger partial charge in [0.15, 0.2) is 0 Å². The van der Waals surface area contributed by atoms with Gasteiger partial charge in [-0.15, -0.1) is 0 Å². The Labute approximate surface area is 141 Å². The zero-order valence-electron chi connectivity index (χ0n) is 11.8. The van der Waals surface area contributed by atoms with E-state index >= 15 is 0 Å². The molecule has 0 fully saturated rings. The van der Waals surface area contributed by atoms with Gasteiger partial charge >= 0.3 is 11.9 Å². The molecule has 0 aliphatic carbocycles. The van der Waals surface area contributed by atoms with Crippen molar-refractivity contribution in [3.63, 3.8) is 0 Å². The summed E-state index contributed by atoms with van der Waals surface area (Å²) in [6.07, 6.45) is 2.96. The van der Waals surface area contributed by atoms with Crippen molar-refractivity contribution < 1.29 is 19.1 Å². The molecular weight excluding hydrogens is 395 g/mol. The minimum Gasteiger partial charge on any atom is -0.465 e. The van der Waals surface area contributed by atoms with Gasteiger partial charge in [0.2, 0.25) is 0 Å². The Hall–Kier alpha value is -2.15. The molecule has 22 heavy (non-hydrogen) atoms. The molecule has 0 spiro atoms. The van der Waals surface area contributed by atoms with E-state index in [2.05, 4.69) is 22.6 Å². The van der Waals surface area contributed by atoms with Crippen molar-refractivity contribution in [2.45, 2.75) is 0 Å². The Balaban J connectivity index is 2.15. The minimum atomic E-state index is -0.560. The summed E-state index contributed by atoms with van der Waals surface area (Å²) >= 11 is 2.07. The first-order valence-electron chi connectivity index (χ1n) is 6.43. The number of esters is 2. The van der Waals surface area contributed by atoms with E-state index in [1.807, 2.05) is 30.3 Å². The summed E-state index contributed by atoms with van der Waals surface area (Å²) in [5, 5.41) is 0. The predicted molar refractivity (Wildman–Crippen MR) is 91.6 cm³/mol. The van der Waals surface area contributed by atoms with Crippen molar-refractivity contribution in [1.29, 1.82) is 0 Å². The molecule has 0 saturated heterocycles. The number of carbonyl (C=O) groups is 2. The van der Waals surface area contributed by atoms with Crippen molar-refractivity contribution in [2.75, 3.05) is 7.11 Å². The fourth-order valence-electron chi connectivity index (χ4n) is 1.73. The lowest BCUT2D eigenvalue weighted by Gasteiger charge is -2.07. The second-order valence-electron chi connectivity index (χ2n) is 4.30. The van der Waals surface area contributed by atoms with Crippen LogP contribution in [0.2, 0.25) is 0 Å². The number of hydrogen-bond donors (Lipinski definition) is 0. The highest BCUT2D eigenvalue weighted by atomic mass is 127. The summed E-state index contributed by atoms with van der Waals surface area (Å²) in [5.41, 5.74) is 1.10. The maximum Gasteiger partial charge on any atom is 0.341 e. The van der Waals surface area contributed by atoms with Crippen LogP contribution in [0, 0.1) is 3.57 Å².